The number of nitrogens with one attached hydrogen (secondary N) is 1. The Morgan fingerprint density at radius 2 is 2.18 bits per heavy atom. The first-order valence-electron chi connectivity index (χ1n) is 7.94. The van der Waals surface area contributed by atoms with Gasteiger partial charge >= 0.3 is 0 Å². The monoisotopic (exact) mass is 300 g/mol. The summed E-state index contributed by atoms with van der Waals surface area (Å²) in [6.45, 7) is 5.68. The molecule has 2 N–H and O–H groups in total. The zero-order valence-electron chi connectivity index (χ0n) is 13.2. The van der Waals surface area contributed by atoms with Crippen molar-refractivity contribution in [1.82, 2.24) is 20.1 Å². The number of rotatable bonds is 5. The maximum absolute atomic E-state index is 10.3. The van der Waals surface area contributed by atoms with Crippen LogP contribution in [0.4, 0.5) is 0 Å². The highest BCUT2D eigenvalue weighted by molar-refractivity contribution is 5.21. The van der Waals surface area contributed by atoms with Crippen LogP contribution in [0.25, 0.3) is 0 Å². The van der Waals surface area contributed by atoms with Crippen molar-refractivity contribution in [2.24, 2.45) is 5.92 Å². The zero-order chi connectivity index (χ0) is 15.5. The van der Waals surface area contributed by atoms with Crippen LogP contribution in [0.2, 0.25) is 0 Å². The molecule has 3 rings (SSSR count). The molecule has 22 heavy (non-hydrogen) atoms. The van der Waals surface area contributed by atoms with Crippen LogP contribution in [-0.2, 0) is 13.1 Å². The van der Waals surface area contributed by atoms with Gasteiger partial charge in [-0.15, -0.1) is 0 Å². The number of aliphatic hydroxyl groups is 1. The summed E-state index contributed by atoms with van der Waals surface area (Å²) in [4.78, 5) is 4.49. The molecule has 118 valence electrons. The lowest BCUT2D eigenvalue weighted by Crippen LogP contribution is -2.35. The molecule has 1 fully saturated rings. The van der Waals surface area contributed by atoms with Gasteiger partial charge in [0.2, 0.25) is 0 Å². The highest BCUT2D eigenvalue weighted by atomic mass is 16.3. The van der Waals surface area contributed by atoms with Gasteiger partial charge in [0.15, 0.2) is 0 Å². The molecule has 0 amide bonds. The van der Waals surface area contributed by atoms with E-state index in [2.05, 4.69) is 21.5 Å². The first-order chi connectivity index (χ1) is 10.6. The third-order valence-corrected chi connectivity index (χ3v) is 4.52. The molecule has 0 radical (unpaired) electrons. The molecule has 1 unspecified atom stereocenters. The molecule has 1 saturated carbocycles. The average Bonchev–Trinajstić information content (AvgIpc) is 3.08. The van der Waals surface area contributed by atoms with Gasteiger partial charge in [-0.2, -0.15) is 5.10 Å². The maximum Gasteiger partial charge on any atom is 0.0696 e. The Labute approximate surface area is 131 Å². The van der Waals surface area contributed by atoms with Crippen molar-refractivity contribution in [3.63, 3.8) is 0 Å². The minimum absolute atomic E-state index is 0.154. The molecule has 0 aromatic carbocycles. The Balaban J connectivity index is 1.54. The van der Waals surface area contributed by atoms with Crippen LogP contribution >= 0.6 is 0 Å². The fourth-order valence-electron chi connectivity index (χ4n) is 3.30. The Morgan fingerprint density at radius 3 is 2.91 bits per heavy atom. The van der Waals surface area contributed by atoms with Gasteiger partial charge in [0.25, 0.3) is 0 Å². The summed E-state index contributed by atoms with van der Waals surface area (Å²) in [6, 6.07) is 6.25. The van der Waals surface area contributed by atoms with Crippen molar-refractivity contribution in [2.75, 3.05) is 0 Å². The summed E-state index contributed by atoms with van der Waals surface area (Å²) in [5, 5.41) is 18.0. The van der Waals surface area contributed by atoms with Gasteiger partial charge in [-0.1, -0.05) is 6.07 Å². The van der Waals surface area contributed by atoms with Crippen molar-refractivity contribution in [3.8, 4) is 0 Å². The van der Waals surface area contributed by atoms with Crippen molar-refractivity contribution in [1.29, 1.82) is 0 Å². The van der Waals surface area contributed by atoms with E-state index in [0.717, 1.165) is 37.3 Å². The Kier molecular flexibility index (Phi) is 4.55. The van der Waals surface area contributed by atoms with Crippen LogP contribution < -0.4 is 5.32 Å². The molecule has 3 atom stereocenters. The molecule has 2 heterocycles. The van der Waals surface area contributed by atoms with Crippen LogP contribution in [0.1, 0.15) is 29.8 Å². The van der Waals surface area contributed by atoms with Gasteiger partial charge in [-0.05, 0) is 50.3 Å². The normalized spacial score (nSPS) is 24.8. The molecule has 0 spiro atoms. The highest BCUT2D eigenvalue weighted by Crippen LogP contribution is 2.27. The molecule has 1 aliphatic carbocycles. The fraction of sp³-hybridized carbons (Fsp3) is 0.529. The predicted molar refractivity (Wildman–Crippen MR) is 85.3 cm³/mol. The minimum atomic E-state index is -0.278. The summed E-state index contributed by atoms with van der Waals surface area (Å²) < 4.78 is 1.95. The molecular formula is C17H24N4O. The Bertz CT molecular complexity index is 611. The number of nitrogens with zero attached hydrogens (tertiary/aromatic N) is 3. The fourth-order valence-corrected chi connectivity index (χ4v) is 3.30. The van der Waals surface area contributed by atoms with Crippen LogP contribution in [0.5, 0.6) is 0 Å². The second-order valence-corrected chi connectivity index (χ2v) is 6.32. The molecule has 2 aromatic heterocycles. The van der Waals surface area contributed by atoms with Crippen LogP contribution in [-0.4, -0.2) is 32.0 Å². The topological polar surface area (TPSA) is 63.0 Å². The second kappa shape index (κ2) is 6.58. The van der Waals surface area contributed by atoms with Crippen LogP contribution in [0, 0.1) is 19.8 Å². The quantitative estimate of drug-likeness (QED) is 0.884. The smallest absolute Gasteiger partial charge is 0.0696 e. The maximum atomic E-state index is 10.3. The van der Waals surface area contributed by atoms with E-state index >= 15 is 0 Å². The summed E-state index contributed by atoms with van der Waals surface area (Å²) in [5.74, 6) is 0.477. The van der Waals surface area contributed by atoms with Crippen LogP contribution in [0.3, 0.4) is 0 Å². The summed E-state index contributed by atoms with van der Waals surface area (Å²) in [6.07, 6.45) is 5.32. The van der Waals surface area contributed by atoms with E-state index in [9.17, 15) is 5.11 Å². The molecule has 0 bridgehead atoms. The van der Waals surface area contributed by atoms with E-state index in [-0.39, 0.29) is 12.1 Å². The molecule has 5 nitrogen and oxygen atoms in total. The Morgan fingerprint density at radius 1 is 1.32 bits per heavy atom. The lowest BCUT2D eigenvalue weighted by molar-refractivity contribution is 0.145. The summed E-state index contributed by atoms with van der Waals surface area (Å²) >= 11 is 0. The third-order valence-electron chi connectivity index (χ3n) is 4.52. The SMILES string of the molecule is Cc1ccc(CN[C@@H]2CC(Cn3cccn3)C[C@H]2O)c(C)n1. The molecule has 0 saturated heterocycles. The van der Waals surface area contributed by atoms with Gasteiger partial charge in [0.05, 0.1) is 6.10 Å². The number of aryl methyl sites for hydroxylation is 2. The van der Waals surface area contributed by atoms with Crippen molar-refractivity contribution in [2.45, 2.75) is 51.9 Å². The highest BCUT2D eigenvalue weighted by Gasteiger charge is 2.32. The third kappa shape index (κ3) is 3.54. The second-order valence-electron chi connectivity index (χ2n) is 6.32. The van der Waals surface area contributed by atoms with Gasteiger partial charge in [-0.25, -0.2) is 0 Å². The van der Waals surface area contributed by atoms with Crippen molar-refractivity contribution in [3.05, 3.63) is 47.5 Å². The average molecular weight is 300 g/mol. The lowest BCUT2D eigenvalue weighted by Gasteiger charge is -2.17. The van der Waals surface area contributed by atoms with E-state index in [1.165, 1.54) is 5.56 Å². The van der Waals surface area contributed by atoms with E-state index in [1.54, 1.807) is 6.20 Å². The predicted octanol–water partition coefficient (Wildman–Crippen LogP) is 1.82. The first kappa shape index (κ1) is 15.2. The zero-order valence-corrected chi connectivity index (χ0v) is 13.2. The minimum Gasteiger partial charge on any atom is -0.391 e. The molecule has 1 aliphatic rings. The number of hydrogen-bond donors (Lipinski definition) is 2. The molecule has 0 aliphatic heterocycles. The van der Waals surface area contributed by atoms with Gasteiger partial charge < -0.3 is 10.4 Å². The lowest BCUT2D eigenvalue weighted by atomic mass is 10.1. The van der Waals surface area contributed by atoms with E-state index in [0.29, 0.717) is 5.92 Å². The Hall–Kier alpha value is -1.72. The summed E-state index contributed by atoms with van der Waals surface area (Å²) in [7, 11) is 0. The summed E-state index contributed by atoms with van der Waals surface area (Å²) in [5.41, 5.74) is 3.31. The molecule has 5 heteroatoms. The van der Waals surface area contributed by atoms with Crippen molar-refractivity contribution >= 4 is 0 Å². The van der Waals surface area contributed by atoms with Gasteiger partial charge in [0.1, 0.15) is 0 Å². The molecular weight excluding hydrogens is 276 g/mol. The van der Waals surface area contributed by atoms with Gasteiger partial charge in [-0.3, -0.25) is 9.67 Å². The number of aliphatic hydroxyl groups excluding tert-OH is 1. The molecule has 2 aromatic rings. The van der Waals surface area contributed by atoms with Crippen LogP contribution in [0.15, 0.2) is 30.6 Å². The van der Waals surface area contributed by atoms with E-state index in [4.69, 9.17) is 0 Å². The number of pyridine rings is 1. The van der Waals surface area contributed by atoms with E-state index < -0.39 is 0 Å². The van der Waals surface area contributed by atoms with Crippen molar-refractivity contribution < 1.29 is 5.11 Å². The first-order valence-corrected chi connectivity index (χ1v) is 7.94. The number of aromatic nitrogens is 3. The standard InChI is InChI=1S/C17H24N4O/c1-12-4-5-15(13(2)20-12)10-18-16-8-14(9-17(16)22)11-21-7-3-6-19-21/h3-7,14,16-18,22H,8-11H2,1-2H3/t14?,16-,17-/m1/s1. The number of hydrogen-bond acceptors (Lipinski definition) is 4. The largest absolute Gasteiger partial charge is 0.391 e. The van der Waals surface area contributed by atoms with Gasteiger partial charge in [0, 0.05) is 42.9 Å². The van der Waals surface area contributed by atoms with E-state index in [1.807, 2.05) is 36.9 Å².